The van der Waals surface area contributed by atoms with Crippen molar-refractivity contribution in [2.75, 3.05) is 5.32 Å². The highest BCUT2D eigenvalue weighted by Gasteiger charge is 2.23. The zero-order valence-corrected chi connectivity index (χ0v) is 11.2. The molecule has 0 bridgehead atoms. The van der Waals surface area contributed by atoms with Crippen LogP contribution in [0.3, 0.4) is 0 Å². The van der Waals surface area contributed by atoms with Gasteiger partial charge >= 0.3 is 0 Å². The van der Waals surface area contributed by atoms with Gasteiger partial charge in [-0.2, -0.15) is 0 Å². The van der Waals surface area contributed by atoms with Gasteiger partial charge in [0.15, 0.2) is 0 Å². The Labute approximate surface area is 99.6 Å². The minimum Gasteiger partial charge on any atom is -0.363 e. The van der Waals surface area contributed by atoms with Gasteiger partial charge in [-0.05, 0) is 55.3 Å². The van der Waals surface area contributed by atoms with Crippen LogP contribution in [-0.4, -0.2) is 16.6 Å². The largest absolute Gasteiger partial charge is 0.363 e. The fraction of sp³-hybridized carbons (Fsp3) is 0.545. The molecule has 1 unspecified atom stereocenters. The molecule has 0 radical (unpaired) electrons. The van der Waals surface area contributed by atoms with Crippen molar-refractivity contribution < 1.29 is 0 Å². The predicted octanol–water partition coefficient (Wildman–Crippen LogP) is 2.69. The zero-order chi connectivity index (χ0) is 11.6. The molecule has 4 heteroatoms. The van der Waals surface area contributed by atoms with Crippen LogP contribution in [0, 0.1) is 6.92 Å². The molecule has 0 spiro atoms. The molecule has 0 saturated carbocycles. The van der Waals surface area contributed by atoms with Gasteiger partial charge in [-0.15, -0.1) is 0 Å². The van der Waals surface area contributed by atoms with Crippen LogP contribution in [0.15, 0.2) is 16.7 Å². The molecule has 1 heterocycles. The minimum atomic E-state index is -0.161. The first-order chi connectivity index (χ1) is 6.83. The molecular formula is C11H18BrN3. The number of nitrogens with zero attached hydrogens (tertiary/aromatic N) is 1. The molecule has 0 saturated heterocycles. The molecule has 3 N–H and O–H groups in total. The average molecular weight is 272 g/mol. The first kappa shape index (κ1) is 12.5. The summed E-state index contributed by atoms with van der Waals surface area (Å²) in [6.45, 7) is 8.15. The maximum Gasteiger partial charge on any atom is 0.129 e. The third-order valence-corrected chi connectivity index (χ3v) is 3.06. The Balaban J connectivity index is 2.90. The van der Waals surface area contributed by atoms with Crippen LogP contribution >= 0.6 is 15.9 Å². The fourth-order valence-electron chi connectivity index (χ4n) is 1.09. The van der Waals surface area contributed by atoms with E-state index >= 15 is 0 Å². The van der Waals surface area contributed by atoms with Crippen LogP contribution in [0.4, 0.5) is 5.82 Å². The molecule has 3 nitrogen and oxygen atoms in total. The summed E-state index contributed by atoms with van der Waals surface area (Å²) in [6.07, 6.45) is 1.78. The van der Waals surface area contributed by atoms with Gasteiger partial charge in [-0.3, -0.25) is 0 Å². The summed E-state index contributed by atoms with van der Waals surface area (Å²) in [5.74, 6) is 0.889. The van der Waals surface area contributed by atoms with Crippen LogP contribution in [0.25, 0.3) is 0 Å². The number of aryl methyl sites for hydroxylation is 1. The van der Waals surface area contributed by atoms with Crippen molar-refractivity contribution in [1.82, 2.24) is 4.98 Å². The number of pyridine rings is 1. The Morgan fingerprint density at radius 1 is 1.53 bits per heavy atom. The molecule has 1 aromatic heterocycles. The third-order valence-electron chi connectivity index (χ3n) is 2.62. The highest BCUT2D eigenvalue weighted by atomic mass is 79.9. The quantitative estimate of drug-likeness (QED) is 0.889. The monoisotopic (exact) mass is 271 g/mol. The number of halogens is 1. The second-order valence-electron chi connectivity index (χ2n) is 4.45. The molecule has 1 aromatic rings. The smallest absolute Gasteiger partial charge is 0.129 e. The Bertz CT molecular complexity index is 348. The van der Waals surface area contributed by atoms with Gasteiger partial charge in [0.25, 0.3) is 0 Å². The van der Waals surface area contributed by atoms with E-state index in [2.05, 4.69) is 40.1 Å². The van der Waals surface area contributed by atoms with E-state index in [-0.39, 0.29) is 11.6 Å². The van der Waals surface area contributed by atoms with Gasteiger partial charge < -0.3 is 11.1 Å². The third kappa shape index (κ3) is 3.18. The van der Waals surface area contributed by atoms with Crippen molar-refractivity contribution in [3.05, 3.63) is 22.3 Å². The molecule has 1 rings (SSSR count). The molecule has 0 aliphatic heterocycles. The lowest BCUT2D eigenvalue weighted by Gasteiger charge is -2.31. The SMILES string of the molecule is Cc1cc(Br)cnc1NC(C)(C)C(C)N. The van der Waals surface area contributed by atoms with Crippen molar-refractivity contribution in [3.8, 4) is 0 Å². The van der Waals surface area contributed by atoms with Crippen LogP contribution in [-0.2, 0) is 0 Å². The minimum absolute atomic E-state index is 0.0577. The Morgan fingerprint density at radius 3 is 2.60 bits per heavy atom. The second-order valence-corrected chi connectivity index (χ2v) is 5.37. The number of nitrogens with one attached hydrogen (secondary N) is 1. The van der Waals surface area contributed by atoms with Gasteiger partial charge in [-0.25, -0.2) is 4.98 Å². The van der Waals surface area contributed by atoms with Crippen molar-refractivity contribution in [2.45, 2.75) is 39.3 Å². The van der Waals surface area contributed by atoms with E-state index in [4.69, 9.17) is 5.73 Å². The van der Waals surface area contributed by atoms with Crippen LogP contribution in [0.1, 0.15) is 26.3 Å². The maximum atomic E-state index is 5.90. The van der Waals surface area contributed by atoms with Crippen molar-refractivity contribution in [1.29, 1.82) is 0 Å². The molecule has 0 aliphatic carbocycles. The summed E-state index contributed by atoms with van der Waals surface area (Å²) in [5.41, 5.74) is 6.85. The van der Waals surface area contributed by atoms with Gasteiger partial charge in [0.2, 0.25) is 0 Å². The van der Waals surface area contributed by atoms with Gasteiger partial charge in [-0.1, -0.05) is 0 Å². The van der Waals surface area contributed by atoms with E-state index in [1.165, 1.54) is 0 Å². The van der Waals surface area contributed by atoms with E-state index in [1.54, 1.807) is 6.20 Å². The summed E-state index contributed by atoms with van der Waals surface area (Å²) >= 11 is 3.39. The van der Waals surface area contributed by atoms with Crippen LogP contribution < -0.4 is 11.1 Å². The predicted molar refractivity (Wildman–Crippen MR) is 68.0 cm³/mol. The highest BCUT2D eigenvalue weighted by Crippen LogP contribution is 2.21. The van der Waals surface area contributed by atoms with E-state index < -0.39 is 0 Å². The van der Waals surface area contributed by atoms with Gasteiger partial charge in [0.1, 0.15) is 5.82 Å². The average Bonchev–Trinajstić information content (AvgIpc) is 2.09. The second kappa shape index (κ2) is 4.49. The normalized spacial score (nSPS) is 13.7. The van der Waals surface area contributed by atoms with Crippen molar-refractivity contribution in [2.24, 2.45) is 5.73 Å². The highest BCUT2D eigenvalue weighted by molar-refractivity contribution is 9.10. The summed E-state index contributed by atoms with van der Waals surface area (Å²) in [4.78, 5) is 4.33. The number of hydrogen-bond donors (Lipinski definition) is 2. The lowest BCUT2D eigenvalue weighted by atomic mass is 9.97. The molecule has 84 valence electrons. The summed E-state index contributed by atoms with van der Waals surface area (Å²) in [5, 5.41) is 3.36. The number of rotatable bonds is 3. The number of aromatic nitrogens is 1. The molecule has 0 fully saturated rings. The molecular weight excluding hydrogens is 254 g/mol. The fourth-order valence-corrected chi connectivity index (χ4v) is 1.54. The lowest BCUT2D eigenvalue weighted by molar-refractivity contribution is 0.469. The molecule has 0 aliphatic rings. The topological polar surface area (TPSA) is 50.9 Å². The Kier molecular flexibility index (Phi) is 3.73. The Morgan fingerprint density at radius 2 is 2.13 bits per heavy atom. The van der Waals surface area contributed by atoms with Crippen LogP contribution in [0.5, 0.6) is 0 Å². The first-order valence-electron chi connectivity index (χ1n) is 4.99. The van der Waals surface area contributed by atoms with Gasteiger partial charge in [0, 0.05) is 22.3 Å². The van der Waals surface area contributed by atoms with Crippen LogP contribution in [0.2, 0.25) is 0 Å². The number of hydrogen-bond acceptors (Lipinski definition) is 3. The van der Waals surface area contributed by atoms with E-state index in [0.29, 0.717) is 0 Å². The van der Waals surface area contributed by atoms with E-state index in [9.17, 15) is 0 Å². The molecule has 0 aromatic carbocycles. The van der Waals surface area contributed by atoms with E-state index in [0.717, 1.165) is 15.9 Å². The van der Waals surface area contributed by atoms with Gasteiger partial charge in [0.05, 0.1) is 0 Å². The number of anilines is 1. The molecule has 1 atom stereocenters. The molecule has 0 amide bonds. The maximum absolute atomic E-state index is 5.90. The standard InChI is InChI=1S/C11H18BrN3/c1-7-5-9(12)6-14-10(7)15-11(3,4)8(2)13/h5-6,8H,13H2,1-4H3,(H,14,15). The number of nitrogens with two attached hydrogens (primary N) is 1. The van der Waals surface area contributed by atoms with E-state index in [1.807, 2.05) is 19.9 Å². The summed E-state index contributed by atoms with van der Waals surface area (Å²) in [7, 11) is 0. The Hall–Kier alpha value is -0.610. The summed E-state index contributed by atoms with van der Waals surface area (Å²) in [6, 6.07) is 2.09. The lowest BCUT2D eigenvalue weighted by Crippen LogP contribution is -2.47. The van der Waals surface area contributed by atoms with Crippen molar-refractivity contribution in [3.63, 3.8) is 0 Å². The summed E-state index contributed by atoms with van der Waals surface area (Å²) < 4.78 is 0.990. The first-order valence-corrected chi connectivity index (χ1v) is 5.78. The van der Waals surface area contributed by atoms with Crippen molar-refractivity contribution >= 4 is 21.7 Å². The zero-order valence-electron chi connectivity index (χ0n) is 9.63. The molecule has 15 heavy (non-hydrogen) atoms.